The fourth-order valence-electron chi connectivity index (χ4n) is 3.05. The fourth-order valence-corrected chi connectivity index (χ4v) is 3.05. The normalized spacial score (nSPS) is 12.7. The molecule has 0 aliphatic rings. The zero-order chi connectivity index (χ0) is 20.1. The molecule has 5 heteroatoms. The molecule has 148 valence electrons. The number of carbonyl (C=O) groups is 1. The van der Waals surface area contributed by atoms with Gasteiger partial charge in [0, 0.05) is 17.1 Å². The molecule has 5 nitrogen and oxygen atoms in total. The van der Waals surface area contributed by atoms with Gasteiger partial charge >= 0.3 is 5.97 Å². The number of aromatic nitrogens is 1. The molecule has 3 N–H and O–H groups in total. The molecule has 0 saturated heterocycles. The number of fused-ring (bicyclic) bond motifs is 1. The lowest BCUT2D eigenvalue weighted by Crippen LogP contribution is -2.96. The van der Waals surface area contributed by atoms with Crippen LogP contribution in [0.1, 0.15) is 36.7 Å². The van der Waals surface area contributed by atoms with Crippen LogP contribution < -0.4 is 10.1 Å². The topological polar surface area (TPSA) is 67.9 Å². The van der Waals surface area contributed by atoms with Gasteiger partial charge in [0.15, 0.2) is 6.10 Å². The maximum Gasteiger partial charge on any atom is 0.338 e. The van der Waals surface area contributed by atoms with Crippen LogP contribution in [0.2, 0.25) is 0 Å². The van der Waals surface area contributed by atoms with E-state index in [0.29, 0.717) is 18.7 Å². The lowest BCUT2D eigenvalue weighted by Gasteiger charge is -2.23. The molecule has 3 aromatic rings. The molecular formula is C23H29N2O3+. The maximum atomic E-state index is 12.5. The van der Waals surface area contributed by atoms with E-state index in [1.54, 1.807) is 12.1 Å². The number of ether oxygens (including phenoxy) is 2. The molecule has 0 aliphatic carbocycles. The average Bonchev–Trinajstić information content (AvgIpc) is 3.05. The summed E-state index contributed by atoms with van der Waals surface area (Å²) in [5.74, 6) is 0.473. The Labute approximate surface area is 166 Å². The van der Waals surface area contributed by atoms with Crippen molar-refractivity contribution >= 4 is 16.9 Å². The third kappa shape index (κ3) is 5.14. The second-order valence-electron chi connectivity index (χ2n) is 8.16. The summed E-state index contributed by atoms with van der Waals surface area (Å²) in [6, 6.07) is 15.0. The fraction of sp³-hybridized carbons (Fsp3) is 0.348. The third-order valence-corrected chi connectivity index (χ3v) is 4.57. The highest BCUT2D eigenvalue weighted by atomic mass is 16.6. The minimum absolute atomic E-state index is 0.0364. The number of aromatic amines is 1. The summed E-state index contributed by atoms with van der Waals surface area (Å²) in [7, 11) is 0. The highest BCUT2D eigenvalue weighted by Gasteiger charge is 2.23. The Hall–Kier alpha value is -2.79. The highest BCUT2D eigenvalue weighted by Crippen LogP contribution is 2.28. The van der Waals surface area contributed by atoms with Crippen molar-refractivity contribution in [2.24, 2.45) is 0 Å². The second-order valence-corrected chi connectivity index (χ2v) is 8.16. The van der Waals surface area contributed by atoms with Crippen molar-refractivity contribution in [2.45, 2.75) is 39.3 Å². The van der Waals surface area contributed by atoms with E-state index >= 15 is 0 Å². The number of rotatable bonds is 7. The van der Waals surface area contributed by atoms with Crippen LogP contribution in [0, 0.1) is 6.92 Å². The molecule has 0 aliphatic heterocycles. The molecule has 3 rings (SSSR count). The number of benzene rings is 2. The Bertz CT molecular complexity index is 926. The Kier molecular flexibility index (Phi) is 6.05. The second kappa shape index (κ2) is 8.48. The molecular weight excluding hydrogens is 352 g/mol. The van der Waals surface area contributed by atoms with E-state index in [9.17, 15) is 4.79 Å². The van der Waals surface area contributed by atoms with E-state index in [1.807, 2.05) is 49.5 Å². The van der Waals surface area contributed by atoms with Crippen LogP contribution in [0.4, 0.5) is 0 Å². The molecule has 1 aromatic heterocycles. The van der Waals surface area contributed by atoms with Crippen molar-refractivity contribution in [3.05, 3.63) is 65.9 Å². The molecule has 1 heterocycles. The third-order valence-electron chi connectivity index (χ3n) is 4.57. The van der Waals surface area contributed by atoms with Crippen molar-refractivity contribution in [1.82, 2.24) is 4.98 Å². The van der Waals surface area contributed by atoms with Crippen LogP contribution >= 0.6 is 0 Å². The molecule has 1 unspecified atom stereocenters. The summed E-state index contributed by atoms with van der Waals surface area (Å²) in [6.07, 6.45) is 1.61. The predicted octanol–water partition coefficient (Wildman–Crippen LogP) is 3.44. The van der Waals surface area contributed by atoms with Crippen LogP contribution in [0.3, 0.4) is 0 Å². The van der Waals surface area contributed by atoms with E-state index in [4.69, 9.17) is 9.47 Å². The van der Waals surface area contributed by atoms with Gasteiger partial charge in [-0.15, -0.1) is 0 Å². The van der Waals surface area contributed by atoms with Crippen LogP contribution in [-0.4, -0.2) is 35.7 Å². The SMILES string of the molecule is Cc1c[nH]c2cccc(OCC(C[NH2+]C(C)(C)C)OC(=O)c3ccccc3)c12. The van der Waals surface area contributed by atoms with Crippen molar-refractivity contribution in [2.75, 3.05) is 13.2 Å². The first-order valence-electron chi connectivity index (χ1n) is 9.63. The van der Waals surface area contributed by atoms with Gasteiger partial charge in [-0.25, -0.2) is 4.79 Å². The Morgan fingerprint density at radius 3 is 2.57 bits per heavy atom. The number of esters is 1. The summed E-state index contributed by atoms with van der Waals surface area (Å²) in [5.41, 5.74) is 2.75. The van der Waals surface area contributed by atoms with Gasteiger partial charge in [0.1, 0.15) is 18.9 Å². The number of hydrogen-bond acceptors (Lipinski definition) is 3. The Morgan fingerprint density at radius 1 is 1.11 bits per heavy atom. The molecule has 0 spiro atoms. The van der Waals surface area contributed by atoms with Crippen molar-refractivity contribution in [3.8, 4) is 5.75 Å². The molecule has 28 heavy (non-hydrogen) atoms. The standard InChI is InChI=1S/C23H28N2O3/c1-16-13-24-19-11-8-12-20(21(16)19)27-15-18(14-25-23(2,3)4)28-22(26)17-9-6-5-7-10-17/h5-13,18,24-25H,14-15H2,1-4H3/p+1. The minimum Gasteiger partial charge on any atom is -0.489 e. The van der Waals surface area contributed by atoms with E-state index in [-0.39, 0.29) is 17.6 Å². The van der Waals surface area contributed by atoms with Gasteiger partial charge in [0.2, 0.25) is 0 Å². The largest absolute Gasteiger partial charge is 0.489 e. The molecule has 0 fully saturated rings. The van der Waals surface area contributed by atoms with Crippen molar-refractivity contribution < 1.29 is 19.6 Å². The monoisotopic (exact) mass is 381 g/mol. The van der Waals surface area contributed by atoms with Crippen molar-refractivity contribution in [1.29, 1.82) is 0 Å². The number of H-pyrrole nitrogens is 1. The number of nitrogens with one attached hydrogen (secondary N) is 1. The predicted molar refractivity (Wildman–Crippen MR) is 111 cm³/mol. The van der Waals surface area contributed by atoms with Gasteiger partial charge in [-0.3, -0.25) is 0 Å². The molecule has 0 bridgehead atoms. The van der Waals surface area contributed by atoms with Gasteiger partial charge < -0.3 is 19.8 Å². The van der Waals surface area contributed by atoms with Gasteiger partial charge in [0.05, 0.1) is 11.1 Å². The van der Waals surface area contributed by atoms with Gasteiger partial charge in [-0.1, -0.05) is 24.3 Å². The summed E-state index contributed by atoms with van der Waals surface area (Å²) < 4.78 is 11.9. The molecule has 0 amide bonds. The van der Waals surface area contributed by atoms with E-state index in [2.05, 4.69) is 31.1 Å². The number of hydrogen-bond donors (Lipinski definition) is 2. The minimum atomic E-state index is -0.360. The molecule has 0 radical (unpaired) electrons. The van der Waals surface area contributed by atoms with Crippen LogP contribution in [0.25, 0.3) is 10.9 Å². The molecule has 1 atom stereocenters. The number of carbonyl (C=O) groups excluding carboxylic acids is 1. The summed E-state index contributed by atoms with van der Waals surface area (Å²) in [5, 5.41) is 3.23. The van der Waals surface area contributed by atoms with Gasteiger partial charge in [-0.05, 0) is 57.5 Å². The van der Waals surface area contributed by atoms with E-state index in [0.717, 1.165) is 22.2 Å². The smallest absolute Gasteiger partial charge is 0.338 e. The summed E-state index contributed by atoms with van der Waals surface area (Å²) in [4.78, 5) is 15.8. The quantitative estimate of drug-likeness (QED) is 0.616. The van der Waals surface area contributed by atoms with Gasteiger partial charge in [0.25, 0.3) is 0 Å². The first kappa shape index (κ1) is 20.0. The number of nitrogens with two attached hydrogens (primary N) is 1. The summed E-state index contributed by atoms with van der Waals surface area (Å²) in [6.45, 7) is 9.38. The van der Waals surface area contributed by atoms with Crippen LogP contribution in [0.5, 0.6) is 5.75 Å². The lowest BCUT2D eigenvalue weighted by molar-refractivity contribution is -0.721. The first-order chi connectivity index (χ1) is 13.3. The van der Waals surface area contributed by atoms with Crippen molar-refractivity contribution in [3.63, 3.8) is 0 Å². The molecule has 0 saturated carbocycles. The number of aryl methyl sites for hydroxylation is 1. The van der Waals surface area contributed by atoms with E-state index in [1.165, 1.54) is 0 Å². The zero-order valence-electron chi connectivity index (χ0n) is 17.0. The summed E-state index contributed by atoms with van der Waals surface area (Å²) >= 11 is 0. The lowest BCUT2D eigenvalue weighted by atomic mass is 10.1. The zero-order valence-corrected chi connectivity index (χ0v) is 17.0. The molecule has 2 aromatic carbocycles. The number of quaternary nitrogens is 1. The average molecular weight is 381 g/mol. The Morgan fingerprint density at radius 2 is 1.86 bits per heavy atom. The highest BCUT2D eigenvalue weighted by molar-refractivity contribution is 5.90. The van der Waals surface area contributed by atoms with Gasteiger partial charge in [-0.2, -0.15) is 0 Å². The van der Waals surface area contributed by atoms with Crippen LogP contribution in [-0.2, 0) is 4.74 Å². The van der Waals surface area contributed by atoms with E-state index < -0.39 is 0 Å². The Balaban J connectivity index is 1.73. The first-order valence-corrected chi connectivity index (χ1v) is 9.63. The van der Waals surface area contributed by atoms with Crippen LogP contribution in [0.15, 0.2) is 54.7 Å². The maximum absolute atomic E-state index is 12.5.